The SMILES string of the molecule is Cc1c(-c2cc3cc(F)ccc3o2)[nH]c(C2CC2)nc1=S. The van der Waals surface area contributed by atoms with E-state index in [0.717, 1.165) is 35.3 Å². The first-order chi connectivity index (χ1) is 10.1. The summed E-state index contributed by atoms with van der Waals surface area (Å²) in [6, 6.07) is 6.34. The van der Waals surface area contributed by atoms with E-state index < -0.39 is 0 Å². The van der Waals surface area contributed by atoms with Crippen LogP contribution in [0.1, 0.15) is 30.1 Å². The smallest absolute Gasteiger partial charge is 0.152 e. The van der Waals surface area contributed by atoms with Gasteiger partial charge in [0.05, 0.1) is 5.69 Å². The normalized spacial score (nSPS) is 14.8. The number of furan rings is 1. The number of fused-ring (bicyclic) bond motifs is 1. The van der Waals surface area contributed by atoms with Gasteiger partial charge in [-0.3, -0.25) is 0 Å². The highest BCUT2D eigenvalue weighted by Crippen LogP contribution is 2.39. The monoisotopic (exact) mass is 300 g/mol. The topological polar surface area (TPSA) is 41.8 Å². The van der Waals surface area contributed by atoms with Crippen LogP contribution in [-0.4, -0.2) is 9.97 Å². The molecule has 0 radical (unpaired) electrons. The highest BCUT2D eigenvalue weighted by molar-refractivity contribution is 7.71. The Morgan fingerprint density at radius 3 is 2.90 bits per heavy atom. The van der Waals surface area contributed by atoms with E-state index in [0.29, 0.717) is 21.9 Å². The summed E-state index contributed by atoms with van der Waals surface area (Å²) >= 11 is 5.34. The Kier molecular flexibility index (Phi) is 2.72. The second kappa shape index (κ2) is 4.49. The summed E-state index contributed by atoms with van der Waals surface area (Å²) in [5, 5.41) is 0.744. The average Bonchev–Trinajstić information content (AvgIpc) is 3.22. The molecule has 2 heterocycles. The van der Waals surface area contributed by atoms with Crippen LogP contribution in [0.4, 0.5) is 4.39 Å². The first-order valence-corrected chi connectivity index (χ1v) is 7.33. The molecule has 4 rings (SSSR count). The standard InChI is InChI=1S/C16H13FN2OS/c1-8-14(18-15(9-2-3-9)19-16(8)21)13-7-10-6-11(17)4-5-12(10)20-13/h4-7,9H,2-3H2,1H3,(H,18,19,21). The molecule has 0 amide bonds. The minimum Gasteiger partial charge on any atom is -0.455 e. The fraction of sp³-hybridized carbons (Fsp3) is 0.250. The van der Waals surface area contributed by atoms with Crippen molar-refractivity contribution in [1.29, 1.82) is 0 Å². The van der Waals surface area contributed by atoms with Crippen molar-refractivity contribution in [1.82, 2.24) is 9.97 Å². The zero-order chi connectivity index (χ0) is 14.6. The van der Waals surface area contributed by atoms with Crippen molar-refractivity contribution in [3.8, 4) is 11.5 Å². The maximum absolute atomic E-state index is 13.3. The van der Waals surface area contributed by atoms with Gasteiger partial charge < -0.3 is 9.40 Å². The van der Waals surface area contributed by atoms with Crippen LogP contribution in [-0.2, 0) is 0 Å². The van der Waals surface area contributed by atoms with Crippen molar-refractivity contribution >= 4 is 23.2 Å². The third-order valence-corrected chi connectivity index (χ3v) is 4.26. The third kappa shape index (κ3) is 2.17. The Hall–Kier alpha value is -2.01. The van der Waals surface area contributed by atoms with Crippen LogP contribution in [0.3, 0.4) is 0 Å². The Bertz CT molecular complexity index is 908. The van der Waals surface area contributed by atoms with Crippen LogP contribution < -0.4 is 0 Å². The number of halogens is 1. The molecule has 0 atom stereocenters. The molecule has 3 nitrogen and oxygen atoms in total. The van der Waals surface area contributed by atoms with Gasteiger partial charge in [0.2, 0.25) is 0 Å². The largest absolute Gasteiger partial charge is 0.455 e. The summed E-state index contributed by atoms with van der Waals surface area (Å²) < 4.78 is 19.7. The molecule has 1 N–H and O–H groups in total. The molecular weight excluding hydrogens is 287 g/mol. The van der Waals surface area contributed by atoms with Crippen molar-refractivity contribution in [2.75, 3.05) is 0 Å². The van der Waals surface area contributed by atoms with Crippen LogP contribution >= 0.6 is 12.2 Å². The summed E-state index contributed by atoms with van der Waals surface area (Å²) in [7, 11) is 0. The molecule has 1 aliphatic carbocycles. The van der Waals surface area contributed by atoms with Gasteiger partial charge >= 0.3 is 0 Å². The third-order valence-electron chi connectivity index (χ3n) is 3.86. The second-order valence-corrected chi connectivity index (χ2v) is 5.88. The number of benzene rings is 1. The first kappa shape index (κ1) is 12.7. The number of hydrogen-bond acceptors (Lipinski definition) is 3. The number of nitrogens with zero attached hydrogens (tertiary/aromatic N) is 1. The first-order valence-electron chi connectivity index (χ1n) is 6.92. The van der Waals surface area contributed by atoms with E-state index >= 15 is 0 Å². The van der Waals surface area contributed by atoms with Crippen molar-refractivity contribution < 1.29 is 8.81 Å². The predicted octanol–water partition coefficient (Wildman–Crippen LogP) is 4.88. The lowest BCUT2D eigenvalue weighted by molar-refractivity contribution is 0.616. The van der Waals surface area contributed by atoms with E-state index in [9.17, 15) is 4.39 Å². The molecule has 0 bridgehead atoms. The summed E-state index contributed by atoms with van der Waals surface area (Å²) in [4.78, 5) is 7.79. The molecule has 1 aromatic carbocycles. The van der Waals surface area contributed by atoms with Crippen LogP contribution in [0.25, 0.3) is 22.4 Å². The number of nitrogens with one attached hydrogen (secondary N) is 1. The van der Waals surface area contributed by atoms with Gasteiger partial charge in [0.25, 0.3) is 0 Å². The molecule has 2 aromatic heterocycles. The zero-order valence-electron chi connectivity index (χ0n) is 11.4. The summed E-state index contributed by atoms with van der Waals surface area (Å²) in [5.74, 6) is 1.80. The van der Waals surface area contributed by atoms with Gasteiger partial charge in [-0.2, -0.15) is 0 Å². The Morgan fingerprint density at radius 2 is 2.14 bits per heavy atom. The molecule has 1 fully saturated rings. The van der Waals surface area contributed by atoms with Crippen LogP contribution in [0.5, 0.6) is 0 Å². The molecule has 5 heteroatoms. The van der Waals surface area contributed by atoms with Crippen molar-refractivity contribution in [3.63, 3.8) is 0 Å². The number of H-pyrrole nitrogens is 1. The van der Waals surface area contributed by atoms with Gasteiger partial charge in [-0.05, 0) is 44.0 Å². The Labute approximate surface area is 125 Å². The predicted molar refractivity (Wildman–Crippen MR) is 81.3 cm³/mol. The summed E-state index contributed by atoms with van der Waals surface area (Å²) in [6.45, 7) is 1.92. The maximum atomic E-state index is 13.3. The lowest BCUT2D eigenvalue weighted by Gasteiger charge is -2.06. The quantitative estimate of drug-likeness (QED) is 0.686. The van der Waals surface area contributed by atoms with Gasteiger partial charge in [-0.1, -0.05) is 12.2 Å². The Balaban J connectivity index is 1.92. The molecule has 1 saturated carbocycles. The fourth-order valence-electron chi connectivity index (χ4n) is 2.48. The average molecular weight is 300 g/mol. The second-order valence-electron chi connectivity index (χ2n) is 5.49. The van der Waals surface area contributed by atoms with Crippen LogP contribution in [0.2, 0.25) is 0 Å². The van der Waals surface area contributed by atoms with Crippen LogP contribution in [0, 0.1) is 17.4 Å². The molecule has 3 aromatic rings. The van der Waals surface area contributed by atoms with Crippen molar-refractivity contribution in [2.24, 2.45) is 0 Å². The fourth-order valence-corrected chi connectivity index (χ4v) is 2.68. The highest BCUT2D eigenvalue weighted by atomic mass is 32.1. The lowest BCUT2D eigenvalue weighted by atomic mass is 10.2. The van der Waals surface area contributed by atoms with Gasteiger partial charge in [-0.15, -0.1) is 0 Å². The Morgan fingerprint density at radius 1 is 1.33 bits per heavy atom. The number of aromatic nitrogens is 2. The number of rotatable bonds is 2. The zero-order valence-corrected chi connectivity index (χ0v) is 12.3. The summed E-state index contributed by atoms with van der Waals surface area (Å²) in [5.41, 5.74) is 2.39. The molecule has 0 spiro atoms. The van der Waals surface area contributed by atoms with Crippen molar-refractivity contribution in [3.05, 3.63) is 46.1 Å². The van der Waals surface area contributed by atoms with Gasteiger partial charge in [0.15, 0.2) is 5.76 Å². The molecule has 21 heavy (non-hydrogen) atoms. The highest BCUT2D eigenvalue weighted by Gasteiger charge is 2.27. The number of aromatic amines is 1. The van der Waals surface area contributed by atoms with E-state index in [4.69, 9.17) is 16.6 Å². The van der Waals surface area contributed by atoms with Gasteiger partial charge in [0.1, 0.15) is 21.9 Å². The molecule has 1 aliphatic rings. The van der Waals surface area contributed by atoms with Crippen molar-refractivity contribution in [2.45, 2.75) is 25.7 Å². The maximum Gasteiger partial charge on any atom is 0.152 e. The van der Waals surface area contributed by atoms with E-state index in [-0.39, 0.29) is 5.82 Å². The van der Waals surface area contributed by atoms with E-state index in [1.54, 1.807) is 6.07 Å². The van der Waals surface area contributed by atoms with Gasteiger partial charge in [-0.25, -0.2) is 9.37 Å². The number of hydrogen-bond donors (Lipinski definition) is 1. The van der Waals surface area contributed by atoms with E-state index in [1.165, 1.54) is 12.1 Å². The molecular formula is C16H13FN2OS. The van der Waals surface area contributed by atoms with E-state index in [2.05, 4.69) is 9.97 Å². The molecule has 0 saturated heterocycles. The molecule has 0 unspecified atom stereocenters. The van der Waals surface area contributed by atoms with E-state index in [1.807, 2.05) is 13.0 Å². The molecule has 106 valence electrons. The minimum atomic E-state index is -0.270. The lowest BCUT2D eigenvalue weighted by Crippen LogP contribution is -1.98. The minimum absolute atomic E-state index is 0.270. The molecule has 0 aliphatic heterocycles. The van der Waals surface area contributed by atoms with Crippen LogP contribution in [0.15, 0.2) is 28.7 Å². The van der Waals surface area contributed by atoms with Gasteiger partial charge in [0, 0.05) is 16.9 Å². The summed E-state index contributed by atoms with van der Waals surface area (Å²) in [6.07, 6.45) is 2.29.